The van der Waals surface area contributed by atoms with E-state index in [1.54, 1.807) is 24.5 Å². The van der Waals surface area contributed by atoms with Crippen LogP contribution in [0.5, 0.6) is 0 Å². The van der Waals surface area contributed by atoms with Gasteiger partial charge in [0, 0.05) is 22.3 Å². The molecule has 0 aliphatic heterocycles. The Morgan fingerprint density at radius 3 is 3.00 bits per heavy atom. The van der Waals surface area contributed by atoms with E-state index in [9.17, 15) is 4.79 Å². The molecule has 0 amide bonds. The maximum absolute atomic E-state index is 11.3. The number of aromatic nitrogens is 1. The number of hydrogen-bond donors (Lipinski definition) is 0. The number of hydrogen-bond acceptors (Lipinski definition) is 3. The Bertz CT molecular complexity index is 525. The van der Waals surface area contributed by atoms with Crippen molar-refractivity contribution in [2.45, 2.75) is 0 Å². The fourth-order valence-electron chi connectivity index (χ4n) is 1.40. The minimum absolute atomic E-state index is 0.346. The van der Waals surface area contributed by atoms with Crippen LogP contribution in [0, 0.1) is 0 Å². The van der Waals surface area contributed by atoms with Gasteiger partial charge < -0.3 is 4.74 Å². The first kappa shape index (κ1) is 10.1. The maximum atomic E-state index is 11.3. The van der Waals surface area contributed by atoms with Gasteiger partial charge in [-0.05, 0) is 23.6 Å². The number of pyridine rings is 1. The Kier molecular flexibility index (Phi) is 2.68. The molecule has 4 heteroatoms. The highest BCUT2D eigenvalue weighted by molar-refractivity contribution is 9.10. The number of ether oxygens (including phenoxy) is 1. The van der Waals surface area contributed by atoms with E-state index in [0.29, 0.717) is 5.56 Å². The summed E-state index contributed by atoms with van der Waals surface area (Å²) in [6, 6.07) is 5.40. The van der Waals surface area contributed by atoms with Crippen molar-refractivity contribution in [3.8, 4) is 0 Å². The highest BCUT2D eigenvalue weighted by atomic mass is 79.9. The molecule has 15 heavy (non-hydrogen) atoms. The van der Waals surface area contributed by atoms with Crippen molar-refractivity contribution in [2.75, 3.05) is 7.11 Å². The molecular formula is C11H8BrNO2. The predicted octanol–water partition coefficient (Wildman–Crippen LogP) is 2.78. The second-order valence-corrected chi connectivity index (χ2v) is 3.90. The van der Waals surface area contributed by atoms with Crippen LogP contribution in [0.1, 0.15) is 10.4 Å². The number of methoxy groups -OCH3 is 1. The highest BCUT2D eigenvalue weighted by Gasteiger charge is 2.08. The van der Waals surface area contributed by atoms with Crippen molar-refractivity contribution in [1.82, 2.24) is 4.98 Å². The molecule has 1 heterocycles. The number of benzene rings is 1. The van der Waals surface area contributed by atoms with Gasteiger partial charge in [-0.2, -0.15) is 0 Å². The number of rotatable bonds is 1. The van der Waals surface area contributed by atoms with Gasteiger partial charge in [0.05, 0.1) is 12.7 Å². The van der Waals surface area contributed by atoms with Crippen molar-refractivity contribution < 1.29 is 9.53 Å². The Morgan fingerprint density at radius 2 is 2.27 bits per heavy atom. The monoisotopic (exact) mass is 265 g/mol. The Morgan fingerprint density at radius 1 is 1.47 bits per heavy atom. The van der Waals surface area contributed by atoms with Crippen LogP contribution in [0.25, 0.3) is 10.8 Å². The van der Waals surface area contributed by atoms with Gasteiger partial charge in [0.2, 0.25) is 0 Å². The van der Waals surface area contributed by atoms with Gasteiger partial charge in [-0.15, -0.1) is 0 Å². The number of esters is 1. The molecule has 2 rings (SSSR count). The molecule has 0 aliphatic carbocycles. The van der Waals surface area contributed by atoms with Crippen LogP contribution in [0.15, 0.2) is 35.1 Å². The minimum atomic E-state index is -0.346. The normalized spacial score (nSPS) is 10.3. The minimum Gasteiger partial charge on any atom is -0.465 e. The number of nitrogens with zero attached hydrogens (tertiary/aromatic N) is 1. The third-order valence-corrected chi connectivity index (χ3v) is 2.78. The quantitative estimate of drug-likeness (QED) is 0.745. The molecule has 0 aliphatic rings. The van der Waals surface area contributed by atoms with Crippen molar-refractivity contribution in [1.29, 1.82) is 0 Å². The molecule has 1 aromatic carbocycles. The molecule has 2 aromatic rings. The van der Waals surface area contributed by atoms with Gasteiger partial charge >= 0.3 is 5.97 Å². The number of halogens is 1. The zero-order valence-electron chi connectivity index (χ0n) is 8.03. The lowest BCUT2D eigenvalue weighted by Crippen LogP contribution is -2.01. The molecule has 3 nitrogen and oxygen atoms in total. The molecule has 76 valence electrons. The largest absolute Gasteiger partial charge is 0.465 e. The van der Waals surface area contributed by atoms with Crippen LogP contribution in [-0.2, 0) is 4.74 Å². The summed E-state index contributed by atoms with van der Waals surface area (Å²) in [6.07, 6.45) is 3.43. The lowest BCUT2D eigenvalue weighted by atomic mass is 10.1. The van der Waals surface area contributed by atoms with E-state index >= 15 is 0 Å². The zero-order valence-corrected chi connectivity index (χ0v) is 9.61. The third-order valence-electron chi connectivity index (χ3n) is 2.12. The van der Waals surface area contributed by atoms with Crippen molar-refractivity contribution in [2.24, 2.45) is 0 Å². The highest BCUT2D eigenvalue weighted by Crippen LogP contribution is 2.25. The second-order valence-electron chi connectivity index (χ2n) is 3.05. The number of carbonyl (C=O) groups excluding carboxylic acids is 1. The first-order valence-electron chi connectivity index (χ1n) is 4.34. The summed E-state index contributed by atoms with van der Waals surface area (Å²) in [6.45, 7) is 0. The van der Waals surface area contributed by atoms with E-state index in [1.807, 2.05) is 6.07 Å². The standard InChI is InChI=1S/C11H8BrNO2/c1-15-11(14)7-4-8-6-13-3-2-9(8)10(12)5-7/h2-6H,1H3. The molecule has 0 saturated carbocycles. The lowest BCUT2D eigenvalue weighted by molar-refractivity contribution is 0.0601. The van der Waals surface area contributed by atoms with Crippen LogP contribution in [-0.4, -0.2) is 18.1 Å². The van der Waals surface area contributed by atoms with Crippen molar-refractivity contribution in [3.05, 3.63) is 40.6 Å². The van der Waals surface area contributed by atoms with E-state index in [0.717, 1.165) is 15.2 Å². The summed E-state index contributed by atoms with van der Waals surface area (Å²) >= 11 is 3.41. The van der Waals surface area contributed by atoms with E-state index in [2.05, 4.69) is 25.7 Å². The summed E-state index contributed by atoms with van der Waals surface area (Å²) in [7, 11) is 1.36. The molecule has 0 radical (unpaired) electrons. The molecule has 0 bridgehead atoms. The molecule has 1 aromatic heterocycles. The van der Waals surface area contributed by atoms with E-state index in [4.69, 9.17) is 0 Å². The Balaban J connectivity index is 2.67. The zero-order chi connectivity index (χ0) is 10.8. The predicted molar refractivity (Wildman–Crippen MR) is 60.8 cm³/mol. The van der Waals surface area contributed by atoms with Crippen molar-refractivity contribution >= 4 is 32.7 Å². The van der Waals surface area contributed by atoms with E-state index in [1.165, 1.54) is 7.11 Å². The Hall–Kier alpha value is -1.42. The molecule has 0 spiro atoms. The van der Waals surface area contributed by atoms with Crippen LogP contribution in [0.2, 0.25) is 0 Å². The second kappa shape index (κ2) is 3.98. The average molecular weight is 266 g/mol. The summed E-state index contributed by atoms with van der Waals surface area (Å²) in [5, 5.41) is 1.94. The number of fused-ring (bicyclic) bond motifs is 1. The van der Waals surface area contributed by atoms with Gasteiger partial charge in [0.1, 0.15) is 0 Å². The van der Waals surface area contributed by atoms with Gasteiger partial charge in [-0.25, -0.2) is 4.79 Å². The van der Waals surface area contributed by atoms with Crippen LogP contribution >= 0.6 is 15.9 Å². The van der Waals surface area contributed by atoms with Gasteiger partial charge in [0.25, 0.3) is 0 Å². The topological polar surface area (TPSA) is 39.2 Å². The lowest BCUT2D eigenvalue weighted by Gasteiger charge is -2.03. The van der Waals surface area contributed by atoms with Crippen molar-refractivity contribution in [3.63, 3.8) is 0 Å². The maximum Gasteiger partial charge on any atom is 0.337 e. The smallest absolute Gasteiger partial charge is 0.337 e. The summed E-state index contributed by atoms with van der Waals surface area (Å²) < 4.78 is 5.52. The van der Waals surface area contributed by atoms with Crippen LogP contribution in [0.4, 0.5) is 0 Å². The molecule has 0 unspecified atom stereocenters. The molecular weight excluding hydrogens is 258 g/mol. The van der Waals surface area contributed by atoms with Crippen LogP contribution in [0.3, 0.4) is 0 Å². The third kappa shape index (κ3) is 1.85. The van der Waals surface area contributed by atoms with E-state index in [-0.39, 0.29) is 5.97 Å². The fraction of sp³-hybridized carbons (Fsp3) is 0.0909. The fourth-order valence-corrected chi connectivity index (χ4v) is 2.01. The number of carbonyl (C=O) groups is 1. The summed E-state index contributed by atoms with van der Waals surface area (Å²) in [5.41, 5.74) is 0.518. The first-order valence-corrected chi connectivity index (χ1v) is 5.13. The molecule has 0 saturated heterocycles. The molecule has 0 atom stereocenters. The molecule has 0 N–H and O–H groups in total. The van der Waals surface area contributed by atoms with Gasteiger partial charge in [-0.1, -0.05) is 15.9 Å². The van der Waals surface area contributed by atoms with Gasteiger partial charge in [0.15, 0.2) is 0 Å². The average Bonchev–Trinajstić information content (AvgIpc) is 2.28. The van der Waals surface area contributed by atoms with Gasteiger partial charge in [-0.3, -0.25) is 4.98 Å². The molecule has 0 fully saturated rings. The summed E-state index contributed by atoms with van der Waals surface area (Å²) in [4.78, 5) is 15.4. The summed E-state index contributed by atoms with van der Waals surface area (Å²) in [5.74, 6) is -0.346. The Labute approximate surface area is 95.2 Å². The van der Waals surface area contributed by atoms with Crippen LogP contribution < -0.4 is 0 Å². The van der Waals surface area contributed by atoms with E-state index < -0.39 is 0 Å². The first-order chi connectivity index (χ1) is 7.22. The SMILES string of the molecule is COC(=O)c1cc(Br)c2ccncc2c1.